The van der Waals surface area contributed by atoms with E-state index in [0.29, 0.717) is 0 Å². The van der Waals surface area contributed by atoms with E-state index < -0.39 is 0 Å². The summed E-state index contributed by atoms with van der Waals surface area (Å²) in [6, 6.07) is 2.00. The maximum atomic E-state index is 9.36. The molecule has 4 nitrogen and oxygen atoms in total. The summed E-state index contributed by atoms with van der Waals surface area (Å²) >= 11 is 1.66. The summed E-state index contributed by atoms with van der Waals surface area (Å²) in [7, 11) is 2.02. The monoisotopic (exact) mass is 263 g/mol. The van der Waals surface area contributed by atoms with Crippen LogP contribution in [0.3, 0.4) is 0 Å². The molecule has 2 heterocycles. The summed E-state index contributed by atoms with van der Waals surface area (Å²) in [5.41, 5.74) is 5.77. The number of thiazole rings is 1. The number of rotatable bonds is 4. The summed E-state index contributed by atoms with van der Waals surface area (Å²) in [5.74, 6) is 0. The lowest BCUT2D eigenvalue weighted by Crippen LogP contribution is -2.18. The largest absolute Gasteiger partial charge is 0.392 e. The Bertz CT molecular complexity index is 539. The zero-order chi connectivity index (χ0) is 13.1. The van der Waals surface area contributed by atoms with Gasteiger partial charge in [-0.05, 0) is 19.9 Å². The molecular weight excluding hydrogens is 246 g/mol. The van der Waals surface area contributed by atoms with Crippen molar-refractivity contribution in [2.75, 3.05) is 11.9 Å². The molecule has 2 aromatic heterocycles. The van der Waals surface area contributed by atoms with Crippen molar-refractivity contribution < 1.29 is 5.11 Å². The molecule has 0 saturated heterocycles. The second kappa shape index (κ2) is 5.46. The van der Waals surface area contributed by atoms with E-state index in [4.69, 9.17) is 0 Å². The van der Waals surface area contributed by atoms with Crippen LogP contribution in [-0.2, 0) is 13.2 Å². The number of anilines is 1. The quantitative estimate of drug-likeness (QED) is 0.919. The maximum absolute atomic E-state index is 9.36. The molecule has 0 unspecified atom stereocenters. The van der Waals surface area contributed by atoms with Crippen molar-refractivity contribution in [2.24, 2.45) is 0 Å². The number of hydrogen-bond acceptors (Lipinski definition) is 5. The van der Waals surface area contributed by atoms with Crippen LogP contribution in [0.25, 0.3) is 0 Å². The highest BCUT2D eigenvalue weighted by atomic mass is 32.1. The van der Waals surface area contributed by atoms with Gasteiger partial charge in [0.1, 0.15) is 0 Å². The van der Waals surface area contributed by atoms with Gasteiger partial charge in [-0.15, -0.1) is 11.3 Å². The van der Waals surface area contributed by atoms with E-state index in [9.17, 15) is 5.11 Å². The van der Waals surface area contributed by atoms with Gasteiger partial charge in [0.25, 0.3) is 0 Å². The third kappa shape index (κ3) is 2.68. The van der Waals surface area contributed by atoms with Gasteiger partial charge in [-0.3, -0.25) is 4.98 Å². The summed E-state index contributed by atoms with van der Waals surface area (Å²) < 4.78 is 0. The Morgan fingerprint density at radius 3 is 2.72 bits per heavy atom. The third-order valence-corrected chi connectivity index (χ3v) is 3.83. The van der Waals surface area contributed by atoms with Gasteiger partial charge in [-0.1, -0.05) is 0 Å². The Balaban J connectivity index is 2.25. The maximum Gasteiger partial charge on any atom is 0.0798 e. The lowest BCUT2D eigenvalue weighted by Gasteiger charge is -2.21. The number of pyridine rings is 1. The van der Waals surface area contributed by atoms with Gasteiger partial charge in [-0.25, -0.2) is 4.98 Å². The first-order valence-corrected chi connectivity index (χ1v) is 6.66. The first-order valence-electron chi connectivity index (χ1n) is 5.78. The van der Waals surface area contributed by atoms with E-state index in [0.717, 1.165) is 29.2 Å². The number of nitrogens with zero attached hydrogens (tertiary/aromatic N) is 3. The number of aliphatic hydroxyl groups excluding tert-OH is 1. The second-order valence-corrected chi connectivity index (χ2v) is 5.27. The molecule has 0 spiro atoms. The number of hydrogen-bond donors (Lipinski definition) is 1. The third-order valence-electron chi connectivity index (χ3n) is 2.91. The topological polar surface area (TPSA) is 49.2 Å². The Morgan fingerprint density at radius 1 is 1.33 bits per heavy atom. The first-order chi connectivity index (χ1) is 8.61. The highest BCUT2D eigenvalue weighted by Crippen LogP contribution is 2.23. The number of aromatic nitrogens is 2. The Kier molecular flexibility index (Phi) is 3.93. The van der Waals surface area contributed by atoms with Crippen LogP contribution in [0.15, 0.2) is 17.8 Å². The second-order valence-electron chi connectivity index (χ2n) is 4.33. The smallest absolute Gasteiger partial charge is 0.0798 e. The Labute approximate surface area is 111 Å². The summed E-state index contributed by atoms with van der Waals surface area (Å²) in [6.45, 7) is 4.78. The normalized spacial score (nSPS) is 10.7. The van der Waals surface area contributed by atoms with Gasteiger partial charge in [0, 0.05) is 35.1 Å². The van der Waals surface area contributed by atoms with Crippen LogP contribution >= 0.6 is 11.3 Å². The van der Waals surface area contributed by atoms with Crippen molar-refractivity contribution in [1.29, 1.82) is 0 Å². The van der Waals surface area contributed by atoms with E-state index in [1.807, 2.05) is 32.5 Å². The van der Waals surface area contributed by atoms with E-state index >= 15 is 0 Å². The number of aryl methyl sites for hydroxylation is 2. The predicted octanol–water partition coefficient (Wildman–Crippen LogP) is 2.28. The SMILES string of the molecule is Cc1cc(N(C)Cc2scnc2C)c(CO)cn1. The molecule has 2 aromatic rings. The molecule has 0 radical (unpaired) electrons. The molecule has 0 bridgehead atoms. The Hall–Kier alpha value is -1.46. The molecule has 5 heteroatoms. The summed E-state index contributed by atoms with van der Waals surface area (Å²) in [6.07, 6.45) is 1.74. The van der Waals surface area contributed by atoms with Crippen LogP contribution in [0.1, 0.15) is 21.8 Å². The predicted molar refractivity (Wildman–Crippen MR) is 73.9 cm³/mol. The molecule has 0 aliphatic rings. The molecule has 1 N–H and O–H groups in total. The van der Waals surface area contributed by atoms with Gasteiger partial charge in [0.2, 0.25) is 0 Å². The molecule has 0 aliphatic heterocycles. The fourth-order valence-electron chi connectivity index (χ4n) is 1.83. The van der Waals surface area contributed by atoms with E-state index in [2.05, 4.69) is 14.9 Å². The average Bonchev–Trinajstić information content (AvgIpc) is 2.75. The van der Waals surface area contributed by atoms with Gasteiger partial charge < -0.3 is 10.0 Å². The van der Waals surface area contributed by atoms with Gasteiger partial charge >= 0.3 is 0 Å². The first kappa shape index (κ1) is 13.0. The van der Waals surface area contributed by atoms with Crippen LogP contribution in [0.5, 0.6) is 0 Å². The van der Waals surface area contributed by atoms with Crippen molar-refractivity contribution >= 4 is 17.0 Å². The van der Waals surface area contributed by atoms with Crippen LogP contribution < -0.4 is 4.90 Å². The van der Waals surface area contributed by atoms with Crippen LogP contribution in [0.4, 0.5) is 5.69 Å². The van der Waals surface area contributed by atoms with Crippen LogP contribution in [-0.4, -0.2) is 22.1 Å². The molecule has 2 rings (SSSR count). The standard InChI is InChI=1S/C13H17N3OS/c1-9-4-12(11(7-17)5-14-9)16(3)6-13-10(2)15-8-18-13/h4-5,8,17H,6-7H2,1-3H3. The van der Waals surface area contributed by atoms with Crippen molar-refractivity contribution in [1.82, 2.24) is 9.97 Å². The van der Waals surface area contributed by atoms with Gasteiger partial charge in [0.05, 0.1) is 24.4 Å². The highest BCUT2D eigenvalue weighted by molar-refractivity contribution is 7.09. The van der Waals surface area contributed by atoms with E-state index in [1.54, 1.807) is 17.5 Å². The minimum Gasteiger partial charge on any atom is -0.392 e. The molecule has 0 atom stereocenters. The van der Waals surface area contributed by atoms with Crippen molar-refractivity contribution in [3.63, 3.8) is 0 Å². The van der Waals surface area contributed by atoms with Crippen molar-refractivity contribution in [3.05, 3.63) is 39.6 Å². The molecule has 0 aliphatic carbocycles. The summed E-state index contributed by atoms with van der Waals surface area (Å²) in [5, 5.41) is 9.36. The van der Waals surface area contributed by atoms with Crippen LogP contribution in [0, 0.1) is 13.8 Å². The van der Waals surface area contributed by atoms with E-state index in [-0.39, 0.29) is 6.61 Å². The molecule has 0 fully saturated rings. The zero-order valence-electron chi connectivity index (χ0n) is 10.8. The van der Waals surface area contributed by atoms with E-state index in [1.165, 1.54) is 4.88 Å². The highest BCUT2D eigenvalue weighted by Gasteiger charge is 2.11. The fourth-order valence-corrected chi connectivity index (χ4v) is 2.66. The molecule has 0 aromatic carbocycles. The lowest BCUT2D eigenvalue weighted by molar-refractivity contribution is 0.281. The minimum atomic E-state index is 0.00856. The zero-order valence-corrected chi connectivity index (χ0v) is 11.7. The Morgan fingerprint density at radius 2 is 2.11 bits per heavy atom. The molecule has 18 heavy (non-hydrogen) atoms. The average molecular weight is 263 g/mol. The molecular formula is C13H17N3OS. The molecule has 96 valence electrons. The van der Waals surface area contributed by atoms with Crippen LogP contribution in [0.2, 0.25) is 0 Å². The fraction of sp³-hybridized carbons (Fsp3) is 0.385. The van der Waals surface area contributed by atoms with Gasteiger partial charge in [0.15, 0.2) is 0 Å². The van der Waals surface area contributed by atoms with Crippen molar-refractivity contribution in [2.45, 2.75) is 27.0 Å². The van der Waals surface area contributed by atoms with Crippen molar-refractivity contribution in [3.8, 4) is 0 Å². The minimum absolute atomic E-state index is 0.00856. The molecule has 0 amide bonds. The molecule has 0 saturated carbocycles. The summed E-state index contributed by atoms with van der Waals surface area (Å²) in [4.78, 5) is 11.8. The lowest BCUT2D eigenvalue weighted by atomic mass is 10.2. The van der Waals surface area contributed by atoms with Gasteiger partial charge in [-0.2, -0.15) is 0 Å². The number of aliphatic hydroxyl groups is 1.